The Hall–Kier alpha value is -0.250. The van der Waals surface area contributed by atoms with Crippen molar-refractivity contribution in [2.24, 2.45) is 0 Å². The normalized spacial score (nSPS) is 9.50. The first kappa shape index (κ1) is 7.85. The third kappa shape index (κ3) is 1.62. The molecule has 0 heterocycles. The van der Waals surface area contributed by atoms with Crippen LogP contribution in [0.2, 0.25) is 0 Å². The van der Waals surface area contributed by atoms with Gasteiger partial charge in [-0.05, 0) is 47.2 Å². The molecule has 2 heteroatoms. The maximum absolute atomic E-state index is 3.13. The highest BCUT2D eigenvalue weighted by atomic mass is 127. The van der Waals surface area contributed by atoms with Crippen molar-refractivity contribution in [2.45, 2.75) is 6.92 Å². The zero-order valence-electron chi connectivity index (χ0n) is 6.11. The summed E-state index contributed by atoms with van der Waals surface area (Å²) >= 11 is 2.31. The monoisotopic (exact) mass is 247 g/mol. The molecule has 1 nitrogen and oxygen atoms in total. The predicted molar refractivity (Wildman–Crippen MR) is 53.4 cm³/mol. The fourth-order valence-corrected chi connectivity index (χ4v) is 1.44. The van der Waals surface area contributed by atoms with Crippen LogP contribution in [0.15, 0.2) is 18.2 Å². The SMILES string of the molecule is CNc1cc(C)ccc1I. The quantitative estimate of drug-likeness (QED) is 0.752. The van der Waals surface area contributed by atoms with Gasteiger partial charge in [-0.3, -0.25) is 0 Å². The zero-order valence-corrected chi connectivity index (χ0v) is 8.27. The van der Waals surface area contributed by atoms with E-state index in [1.54, 1.807) is 0 Å². The highest BCUT2D eigenvalue weighted by molar-refractivity contribution is 14.1. The molecule has 0 aromatic heterocycles. The molecule has 0 bridgehead atoms. The van der Waals surface area contributed by atoms with Crippen LogP contribution in [-0.2, 0) is 0 Å². The van der Waals surface area contributed by atoms with Crippen LogP contribution in [-0.4, -0.2) is 7.05 Å². The van der Waals surface area contributed by atoms with Crippen molar-refractivity contribution in [2.75, 3.05) is 12.4 Å². The highest BCUT2D eigenvalue weighted by Gasteiger charge is 1.94. The first-order valence-electron chi connectivity index (χ1n) is 3.18. The molecule has 0 atom stereocenters. The Morgan fingerprint density at radius 1 is 1.40 bits per heavy atom. The molecule has 0 saturated carbocycles. The van der Waals surface area contributed by atoms with Crippen molar-refractivity contribution < 1.29 is 0 Å². The average molecular weight is 247 g/mol. The molecule has 1 aromatic rings. The summed E-state index contributed by atoms with van der Waals surface area (Å²) in [6, 6.07) is 6.37. The van der Waals surface area contributed by atoms with Crippen LogP contribution in [0.3, 0.4) is 0 Å². The minimum atomic E-state index is 1.21. The van der Waals surface area contributed by atoms with E-state index in [4.69, 9.17) is 0 Å². The van der Waals surface area contributed by atoms with Gasteiger partial charge in [0.15, 0.2) is 0 Å². The van der Waals surface area contributed by atoms with E-state index in [1.807, 2.05) is 7.05 Å². The summed E-state index contributed by atoms with van der Waals surface area (Å²) in [5.74, 6) is 0. The molecule has 0 spiro atoms. The maximum Gasteiger partial charge on any atom is 0.0475 e. The number of nitrogens with one attached hydrogen (secondary N) is 1. The van der Waals surface area contributed by atoms with Crippen molar-refractivity contribution in [3.63, 3.8) is 0 Å². The van der Waals surface area contributed by atoms with Gasteiger partial charge in [-0.15, -0.1) is 0 Å². The standard InChI is InChI=1S/C8H10IN/c1-6-3-4-7(9)8(5-6)10-2/h3-5,10H,1-2H3. The fourth-order valence-electron chi connectivity index (χ4n) is 0.831. The third-order valence-electron chi connectivity index (χ3n) is 1.39. The van der Waals surface area contributed by atoms with Gasteiger partial charge >= 0.3 is 0 Å². The van der Waals surface area contributed by atoms with Gasteiger partial charge in [0.1, 0.15) is 0 Å². The van der Waals surface area contributed by atoms with Crippen molar-refractivity contribution in [3.8, 4) is 0 Å². The van der Waals surface area contributed by atoms with E-state index < -0.39 is 0 Å². The van der Waals surface area contributed by atoms with Crippen LogP contribution in [0, 0.1) is 10.5 Å². The Bertz CT molecular complexity index is 233. The van der Waals surface area contributed by atoms with E-state index in [2.05, 4.69) is 53.0 Å². The largest absolute Gasteiger partial charge is 0.387 e. The van der Waals surface area contributed by atoms with Crippen molar-refractivity contribution in [1.29, 1.82) is 0 Å². The van der Waals surface area contributed by atoms with Crippen LogP contribution in [0.4, 0.5) is 5.69 Å². The van der Waals surface area contributed by atoms with E-state index in [0.29, 0.717) is 0 Å². The zero-order chi connectivity index (χ0) is 7.56. The second kappa shape index (κ2) is 3.23. The van der Waals surface area contributed by atoms with E-state index in [1.165, 1.54) is 14.8 Å². The van der Waals surface area contributed by atoms with Gasteiger partial charge in [-0.25, -0.2) is 0 Å². The predicted octanol–water partition coefficient (Wildman–Crippen LogP) is 2.64. The summed E-state index contributed by atoms with van der Waals surface area (Å²) in [4.78, 5) is 0. The molecular weight excluding hydrogens is 237 g/mol. The van der Waals surface area contributed by atoms with Crippen molar-refractivity contribution >= 4 is 28.3 Å². The van der Waals surface area contributed by atoms with Crippen LogP contribution in [0.25, 0.3) is 0 Å². The summed E-state index contributed by atoms with van der Waals surface area (Å²) < 4.78 is 1.27. The van der Waals surface area contributed by atoms with Gasteiger partial charge < -0.3 is 5.32 Å². The first-order valence-corrected chi connectivity index (χ1v) is 4.26. The lowest BCUT2D eigenvalue weighted by molar-refractivity contribution is 1.41. The number of halogens is 1. The summed E-state index contributed by atoms with van der Waals surface area (Å²) in [5, 5.41) is 3.13. The first-order chi connectivity index (χ1) is 4.74. The molecule has 1 N–H and O–H groups in total. The molecule has 1 rings (SSSR count). The Labute approximate surface area is 75.0 Å². The topological polar surface area (TPSA) is 12.0 Å². The van der Waals surface area contributed by atoms with Gasteiger partial charge in [-0.1, -0.05) is 6.07 Å². The van der Waals surface area contributed by atoms with E-state index in [0.717, 1.165) is 0 Å². The lowest BCUT2D eigenvalue weighted by Gasteiger charge is -2.03. The maximum atomic E-state index is 3.13. The van der Waals surface area contributed by atoms with E-state index >= 15 is 0 Å². The molecule has 0 radical (unpaired) electrons. The number of rotatable bonds is 1. The number of benzene rings is 1. The molecule has 0 aliphatic carbocycles. The van der Waals surface area contributed by atoms with Gasteiger partial charge in [-0.2, -0.15) is 0 Å². The smallest absolute Gasteiger partial charge is 0.0475 e. The van der Waals surface area contributed by atoms with Gasteiger partial charge in [0.05, 0.1) is 0 Å². The number of hydrogen-bond acceptors (Lipinski definition) is 1. The third-order valence-corrected chi connectivity index (χ3v) is 2.33. The second-order valence-corrected chi connectivity index (χ2v) is 3.40. The molecule has 0 unspecified atom stereocenters. The van der Waals surface area contributed by atoms with E-state index in [9.17, 15) is 0 Å². The van der Waals surface area contributed by atoms with Crippen LogP contribution in [0.1, 0.15) is 5.56 Å². The van der Waals surface area contributed by atoms with Gasteiger partial charge in [0, 0.05) is 16.3 Å². The number of aryl methyl sites for hydroxylation is 1. The lowest BCUT2D eigenvalue weighted by Crippen LogP contribution is -1.91. The molecule has 0 aliphatic rings. The van der Waals surface area contributed by atoms with E-state index in [-0.39, 0.29) is 0 Å². The number of anilines is 1. The lowest BCUT2D eigenvalue weighted by atomic mass is 10.2. The van der Waals surface area contributed by atoms with Gasteiger partial charge in [0.25, 0.3) is 0 Å². The van der Waals surface area contributed by atoms with Crippen LogP contribution >= 0.6 is 22.6 Å². The highest BCUT2D eigenvalue weighted by Crippen LogP contribution is 2.18. The summed E-state index contributed by atoms with van der Waals surface area (Å²) in [6.45, 7) is 2.09. The van der Waals surface area contributed by atoms with Crippen LogP contribution in [0.5, 0.6) is 0 Å². The Kier molecular flexibility index (Phi) is 2.54. The van der Waals surface area contributed by atoms with Crippen LogP contribution < -0.4 is 5.32 Å². The molecule has 1 aromatic carbocycles. The fraction of sp³-hybridized carbons (Fsp3) is 0.250. The minimum absolute atomic E-state index is 1.21. The van der Waals surface area contributed by atoms with Crippen molar-refractivity contribution in [3.05, 3.63) is 27.3 Å². The molecule has 0 amide bonds. The Morgan fingerprint density at radius 3 is 2.60 bits per heavy atom. The minimum Gasteiger partial charge on any atom is -0.387 e. The molecule has 10 heavy (non-hydrogen) atoms. The number of hydrogen-bond donors (Lipinski definition) is 1. The second-order valence-electron chi connectivity index (χ2n) is 2.23. The summed E-state index contributed by atoms with van der Waals surface area (Å²) in [7, 11) is 1.94. The van der Waals surface area contributed by atoms with Crippen molar-refractivity contribution in [1.82, 2.24) is 0 Å². The summed E-state index contributed by atoms with van der Waals surface area (Å²) in [5.41, 5.74) is 2.50. The Morgan fingerprint density at radius 2 is 2.10 bits per heavy atom. The summed E-state index contributed by atoms with van der Waals surface area (Å²) in [6.07, 6.45) is 0. The van der Waals surface area contributed by atoms with Gasteiger partial charge in [0.2, 0.25) is 0 Å². The average Bonchev–Trinajstić information content (AvgIpc) is 1.94. The molecule has 0 saturated heterocycles. The molecular formula is C8H10IN. The molecule has 0 fully saturated rings. The molecule has 54 valence electrons. The Balaban J connectivity index is 3.09. The molecule has 0 aliphatic heterocycles.